The molecule has 1 unspecified atom stereocenters. The van der Waals surface area contributed by atoms with Crippen LogP contribution in [0.2, 0.25) is 0 Å². The second-order valence-corrected chi connectivity index (χ2v) is 5.41. The van der Waals surface area contributed by atoms with Gasteiger partial charge in [-0.1, -0.05) is 0 Å². The van der Waals surface area contributed by atoms with Crippen LogP contribution in [0.3, 0.4) is 0 Å². The lowest BCUT2D eigenvalue weighted by Crippen LogP contribution is -2.56. The summed E-state index contributed by atoms with van der Waals surface area (Å²) in [6.07, 6.45) is 1.34. The maximum absolute atomic E-state index is 12.1. The smallest absolute Gasteiger partial charge is 0.331 e. The number of hydrazine groups is 1. The van der Waals surface area contributed by atoms with Gasteiger partial charge in [0.05, 0.1) is 18.6 Å². The van der Waals surface area contributed by atoms with Crippen molar-refractivity contribution in [3.05, 3.63) is 0 Å². The molecule has 0 aromatic heterocycles. The van der Waals surface area contributed by atoms with E-state index in [4.69, 9.17) is 4.74 Å². The van der Waals surface area contributed by atoms with Crippen molar-refractivity contribution < 1.29 is 19.4 Å². The van der Waals surface area contributed by atoms with Crippen molar-refractivity contribution in [1.82, 2.24) is 15.3 Å². The summed E-state index contributed by atoms with van der Waals surface area (Å²) in [7, 11) is 0. The van der Waals surface area contributed by atoms with Gasteiger partial charge >= 0.3 is 12.0 Å². The Hall–Kier alpha value is -1.34. The highest BCUT2D eigenvalue weighted by molar-refractivity contribution is 5.78. The van der Waals surface area contributed by atoms with Gasteiger partial charge in [0.25, 0.3) is 0 Å². The molecule has 2 heterocycles. The minimum absolute atomic E-state index is 0.214. The molecule has 2 amide bonds. The van der Waals surface area contributed by atoms with Crippen LogP contribution in [-0.2, 0) is 9.53 Å². The first-order chi connectivity index (χ1) is 9.01. The molecule has 0 saturated carbocycles. The number of carboxylic acid groups (broad SMARTS) is 1. The first kappa shape index (κ1) is 14.1. The zero-order valence-electron chi connectivity index (χ0n) is 11.2. The fourth-order valence-electron chi connectivity index (χ4n) is 2.47. The van der Waals surface area contributed by atoms with E-state index in [2.05, 4.69) is 5.43 Å². The number of morpholine rings is 1. The van der Waals surface area contributed by atoms with Crippen LogP contribution in [0.25, 0.3) is 0 Å². The number of likely N-dealkylation sites (tertiary alicyclic amines) is 1. The fourth-order valence-corrected chi connectivity index (χ4v) is 2.47. The van der Waals surface area contributed by atoms with Crippen LogP contribution in [0.4, 0.5) is 4.79 Å². The van der Waals surface area contributed by atoms with Gasteiger partial charge in [0.1, 0.15) is 0 Å². The molecule has 2 aliphatic heterocycles. The SMILES string of the molecule is CC1(C(=O)O)CCCN(C(=O)NN2CCOCC2)C1. The first-order valence-electron chi connectivity index (χ1n) is 6.63. The second kappa shape index (κ2) is 5.75. The van der Waals surface area contributed by atoms with Crippen molar-refractivity contribution in [3.63, 3.8) is 0 Å². The fraction of sp³-hybridized carbons (Fsp3) is 0.833. The molecule has 0 spiro atoms. The van der Waals surface area contributed by atoms with Crippen molar-refractivity contribution in [2.45, 2.75) is 19.8 Å². The third-order valence-electron chi connectivity index (χ3n) is 3.76. The highest BCUT2D eigenvalue weighted by atomic mass is 16.5. The molecule has 2 N–H and O–H groups in total. The van der Waals surface area contributed by atoms with Gasteiger partial charge in [-0.25, -0.2) is 9.80 Å². The largest absolute Gasteiger partial charge is 0.481 e. The zero-order chi connectivity index (χ0) is 13.9. The van der Waals surface area contributed by atoms with Crippen molar-refractivity contribution in [1.29, 1.82) is 0 Å². The normalized spacial score (nSPS) is 29.0. The Morgan fingerprint density at radius 1 is 1.26 bits per heavy atom. The lowest BCUT2D eigenvalue weighted by molar-refractivity contribution is -0.150. The number of amides is 2. The van der Waals surface area contributed by atoms with E-state index in [0.29, 0.717) is 39.3 Å². The van der Waals surface area contributed by atoms with E-state index in [9.17, 15) is 14.7 Å². The van der Waals surface area contributed by atoms with Crippen LogP contribution in [0.5, 0.6) is 0 Å². The topological polar surface area (TPSA) is 82.1 Å². The highest BCUT2D eigenvalue weighted by Gasteiger charge is 2.39. The molecule has 0 aromatic rings. The van der Waals surface area contributed by atoms with Crippen molar-refractivity contribution in [3.8, 4) is 0 Å². The summed E-state index contributed by atoms with van der Waals surface area (Å²) >= 11 is 0. The van der Waals surface area contributed by atoms with E-state index in [-0.39, 0.29) is 12.6 Å². The van der Waals surface area contributed by atoms with E-state index in [1.54, 1.807) is 11.8 Å². The molecule has 19 heavy (non-hydrogen) atoms. The Labute approximate surface area is 112 Å². The Morgan fingerprint density at radius 3 is 2.58 bits per heavy atom. The lowest BCUT2D eigenvalue weighted by atomic mass is 9.82. The monoisotopic (exact) mass is 271 g/mol. The van der Waals surface area contributed by atoms with Gasteiger partial charge in [0, 0.05) is 26.2 Å². The number of ether oxygens (including phenoxy) is 1. The Balaban J connectivity index is 1.89. The lowest BCUT2D eigenvalue weighted by Gasteiger charge is -2.38. The average molecular weight is 271 g/mol. The average Bonchev–Trinajstić information content (AvgIpc) is 2.40. The quantitative estimate of drug-likeness (QED) is 0.746. The Kier molecular flexibility index (Phi) is 4.26. The van der Waals surface area contributed by atoms with Gasteiger partial charge < -0.3 is 14.7 Å². The summed E-state index contributed by atoms with van der Waals surface area (Å²) in [5.74, 6) is -0.837. The molecule has 2 rings (SSSR count). The predicted molar refractivity (Wildman–Crippen MR) is 67.5 cm³/mol. The third-order valence-corrected chi connectivity index (χ3v) is 3.76. The number of hydrogen-bond acceptors (Lipinski definition) is 4. The van der Waals surface area contributed by atoms with Crippen LogP contribution in [0.15, 0.2) is 0 Å². The van der Waals surface area contributed by atoms with Crippen molar-refractivity contribution >= 4 is 12.0 Å². The molecule has 1 atom stereocenters. The molecule has 2 aliphatic rings. The van der Waals surface area contributed by atoms with Crippen LogP contribution in [-0.4, -0.2) is 66.4 Å². The van der Waals surface area contributed by atoms with Gasteiger partial charge in [-0.05, 0) is 19.8 Å². The molecule has 7 nitrogen and oxygen atoms in total. The van der Waals surface area contributed by atoms with Crippen LogP contribution in [0, 0.1) is 5.41 Å². The standard InChI is InChI=1S/C12H21N3O4/c1-12(10(16)17)3-2-4-14(9-12)11(18)13-15-5-7-19-8-6-15/h2-9H2,1H3,(H,13,18)(H,16,17). The Morgan fingerprint density at radius 2 is 1.95 bits per heavy atom. The number of carboxylic acids is 1. The van der Waals surface area contributed by atoms with Gasteiger partial charge in [-0.3, -0.25) is 10.2 Å². The summed E-state index contributed by atoms with van der Waals surface area (Å²) in [6, 6.07) is -0.214. The molecule has 2 fully saturated rings. The summed E-state index contributed by atoms with van der Waals surface area (Å²) in [4.78, 5) is 25.0. The van der Waals surface area contributed by atoms with Crippen LogP contribution in [0.1, 0.15) is 19.8 Å². The van der Waals surface area contributed by atoms with Crippen LogP contribution >= 0.6 is 0 Å². The number of rotatable bonds is 2. The number of aliphatic carboxylic acids is 1. The maximum Gasteiger partial charge on any atom is 0.331 e. The summed E-state index contributed by atoms with van der Waals surface area (Å²) in [6.45, 7) is 5.10. The Bertz CT molecular complexity index is 357. The number of urea groups is 1. The summed E-state index contributed by atoms with van der Waals surface area (Å²) in [5, 5.41) is 11.1. The number of carbonyl (C=O) groups is 2. The second-order valence-electron chi connectivity index (χ2n) is 5.41. The van der Waals surface area contributed by atoms with Gasteiger partial charge in [-0.2, -0.15) is 0 Å². The zero-order valence-corrected chi connectivity index (χ0v) is 11.2. The molecule has 0 aliphatic carbocycles. The molecule has 0 bridgehead atoms. The van der Waals surface area contributed by atoms with Gasteiger partial charge in [0.2, 0.25) is 0 Å². The first-order valence-corrected chi connectivity index (χ1v) is 6.63. The van der Waals surface area contributed by atoms with E-state index < -0.39 is 11.4 Å². The number of carbonyl (C=O) groups excluding carboxylic acids is 1. The molecule has 108 valence electrons. The number of nitrogens with zero attached hydrogens (tertiary/aromatic N) is 2. The molecule has 0 radical (unpaired) electrons. The predicted octanol–water partition coefficient (Wildman–Crippen LogP) is 0.130. The molecular formula is C12H21N3O4. The van der Waals surface area contributed by atoms with E-state index in [0.717, 1.165) is 6.42 Å². The number of piperidine rings is 1. The van der Waals surface area contributed by atoms with Crippen LogP contribution < -0.4 is 5.43 Å². The number of nitrogens with one attached hydrogen (secondary N) is 1. The molecule has 7 heteroatoms. The van der Waals surface area contributed by atoms with Crippen molar-refractivity contribution in [2.75, 3.05) is 39.4 Å². The van der Waals surface area contributed by atoms with E-state index >= 15 is 0 Å². The summed E-state index contributed by atoms with van der Waals surface area (Å²) < 4.78 is 5.21. The van der Waals surface area contributed by atoms with Gasteiger partial charge in [-0.15, -0.1) is 0 Å². The third kappa shape index (κ3) is 3.36. The van der Waals surface area contributed by atoms with Crippen molar-refractivity contribution in [2.24, 2.45) is 5.41 Å². The minimum Gasteiger partial charge on any atom is -0.481 e. The molecule has 0 aromatic carbocycles. The number of hydrogen-bond donors (Lipinski definition) is 2. The molecule has 2 saturated heterocycles. The minimum atomic E-state index is -0.837. The highest BCUT2D eigenvalue weighted by Crippen LogP contribution is 2.29. The molecular weight excluding hydrogens is 250 g/mol. The summed E-state index contributed by atoms with van der Waals surface area (Å²) in [5.41, 5.74) is 1.98. The van der Waals surface area contributed by atoms with E-state index in [1.807, 2.05) is 5.01 Å². The van der Waals surface area contributed by atoms with Gasteiger partial charge in [0.15, 0.2) is 0 Å². The van der Waals surface area contributed by atoms with E-state index in [1.165, 1.54) is 0 Å². The maximum atomic E-state index is 12.1.